The minimum atomic E-state index is 0.286. The van der Waals surface area contributed by atoms with Crippen molar-refractivity contribution in [2.24, 2.45) is 0 Å². The molecule has 1 aromatic heterocycles. The lowest BCUT2D eigenvalue weighted by atomic mass is 9.75. The number of hydrogen-bond donors (Lipinski definition) is 0. The summed E-state index contributed by atoms with van der Waals surface area (Å²) >= 11 is 1.51. The van der Waals surface area contributed by atoms with Crippen LogP contribution in [0.2, 0.25) is 0 Å². The summed E-state index contributed by atoms with van der Waals surface area (Å²) in [5, 5.41) is 0.965. The predicted octanol–water partition coefficient (Wildman–Crippen LogP) is 2.44. The molecule has 0 spiro atoms. The zero-order valence-electron chi connectivity index (χ0n) is 12.3. The Labute approximate surface area is 119 Å². The van der Waals surface area contributed by atoms with Crippen molar-refractivity contribution in [3.8, 4) is 0 Å². The van der Waals surface area contributed by atoms with Gasteiger partial charge in [-0.3, -0.25) is 4.79 Å². The normalized spacial score (nSPS) is 17.3. The van der Waals surface area contributed by atoms with Crippen LogP contribution < -0.4 is 4.90 Å². The highest BCUT2D eigenvalue weighted by Gasteiger charge is 2.40. The predicted molar refractivity (Wildman–Crippen MR) is 80.4 cm³/mol. The van der Waals surface area contributed by atoms with Gasteiger partial charge in [0.15, 0.2) is 11.4 Å². The van der Waals surface area contributed by atoms with Gasteiger partial charge < -0.3 is 9.80 Å². The fraction of sp³-hybridized carbons (Fsp3) is 0.714. The minimum absolute atomic E-state index is 0.286. The lowest BCUT2D eigenvalue weighted by Gasteiger charge is -2.49. The van der Waals surface area contributed by atoms with Gasteiger partial charge in [0.25, 0.3) is 0 Å². The molecule has 0 aliphatic heterocycles. The van der Waals surface area contributed by atoms with E-state index in [2.05, 4.69) is 35.9 Å². The van der Waals surface area contributed by atoms with Crippen molar-refractivity contribution in [3.05, 3.63) is 10.6 Å². The molecule has 2 rings (SSSR count). The first-order valence-corrected chi connectivity index (χ1v) is 7.67. The van der Waals surface area contributed by atoms with Crippen molar-refractivity contribution in [2.75, 3.05) is 32.6 Å². The van der Waals surface area contributed by atoms with Crippen molar-refractivity contribution in [3.63, 3.8) is 0 Å². The monoisotopic (exact) mass is 281 g/mol. The Balaban J connectivity index is 2.13. The molecule has 4 nitrogen and oxygen atoms in total. The van der Waals surface area contributed by atoms with Gasteiger partial charge in [-0.2, -0.15) is 0 Å². The molecule has 1 fully saturated rings. The Hall–Kier alpha value is -0.940. The molecule has 0 unspecified atom stereocenters. The molecule has 106 valence electrons. The van der Waals surface area contributed by atoms with Crippen LogP contribution in [0.3, 0.4) is 0 Å². The van der Waals surface area contributed by atoms with E-state index in [-0.39, 0.29) is 5.54 Å². The van der Waals surface area contributed by atoms with E-state index in [9.17, 15) is 4.79 Å². The first-order chi connectivity index (χ1) is 9.02. The highest BCUT2D eigenvalue weighted by molar-refractivity contribution is 7.17. The van der Waals surface area contributed by atoms with E-state index in [4.69, 9.17) is 0 Å². The number of aromatic nitrogens is 1. The average molecular weight is 281 g/mol. The Kier molecular flexibility index (Phi) is 4.26. The van der Waals surface area contributed by atoms with Crippen molar-refractivity contribution < 1.29 is 4.79 Å². The molecule has 1 saturated carbocycles. The van der Waals surface area contributed by atoms with E-state index >= 15 is 0 Å². The lowest BCUT2D eigenvalue weighted by molar-refractivity contribution is 0.0683. The zero-order chi connectivity index (χ0) is 14.0. The Morgan fingerprint density at radius 3 is 2.42 bits per heavy atom. The third-order valence-corrected chi connectivity index (χ3v) is 5.39. The van der Waals surface area contributed by atoms with E-state index in [1.54, 1.807) is 0 Å². The number of thiazole rings is 1. The summed E-state index contributed by atoms with van der Waals surface area (Å²) in [5.74, 6) is 0. The van der Waals surface area contributed by atoms with E-state index in [1.165, 1.54) is 30.6 Å². The van der Waals surface area contributed by atoms with Crippen LogP contribution in [-0.2, 0) is 6.42 Å². The molecule has 0 saturated heterocycles. The Morgan fingerprint density at radius 1 is 1.37 bits per heavy atom. The van der Waals surface area contributed by atoms with Gasteiger partial charge in [-0.25, -0.2) is 4.98 Å². The second-order valence-electron chi connectivity index (χ2n) is 5.61. The smallest absolute Gasteiger partial charge is 0.186 e. The summed E-state index contributed by atoms with van der Waals surface area (Å²) in [4.78, 5) is 20.9. The molecule has 1 aliphatic rings. The van der Waals surface area contributed by atoms with Gasteiger partial charge in [0, 0.05) is 19.1 Å². The standard InChI is InChI=1S/C14H23N3OS/c1-5-11-12(9-18)19-13(15-11)17(4)10-14(16(2)3)7-6-8-14/h9H,5-8,10H2,1-4H3. The fourth-order valence-corrected chi connectivity index (χ4v) is 3.63. The molecule has 1 heterocycles. The first kappa shape index (κ1) is 14.5. The molecule has 1 aromatic rings. The number of carbonyl (C=O) groups is 1. The maximum atomic E-state index is 11.0. The van der Waals surface area contributed by atoms with Crippen LogP contribution in [-0.4, -0.2) is 49.4 Å². The van der Waals surface area contributed by atoms with Crippen LogP contribution in [0.1, 0.15) is 41.6 Å². The third-order valence-electron chi connectivity index (χ3n) is 4.25. The second-order valence-corrected chi connectivity index (χ2v) is 6.62. The van der Waals surface area contributed by atoms with Gasteiger partial charge in [-0.1, -0.05) is 18.3 Å². The van der Waals surface area contributed by atoms with Crippen LogP contribution >= 0.6 is 11.3 Å². The zero-order valence-corrected chi connectivity index (χ0v) is 13.1. The number of rotatable bonds is 6. The van der Waals surface area contributed by atoms with Crippen LogP contribution in [0.25, 0.3) is 0 Å². The van der Waals surface area contributed by atoms with E-state index in [0.29, 0.717) is 0 Å². The molecule has 5 heteroatoms. The molecule has 1 aliphatic carbocycles. The number of hydrogen-bond acceptors (Lipinski definition) is 5. The van der Waals surface area contributed by atoms with Crippen molar-refractivity contribution in [2.45, 2.75) is 38.1 Å². The van der Waals surface area contributed by atoms with Crippen LogP contribution in [0, 0.1) is 0 Å². The summed E-state index contributed by atoms with van der Waals surface area (Å²) in [6.07, 6.45) is 5.55. The molecule has 0 aromatic carbocycles. The summed E-state index contributed by atoms with van der Waals surface area (Å²) in [6, 6.07) is 0. The van der Waals surface area contributed by atoms with Crippen LogP contribution in [0.5, 0.6) is 0 Å². The Morgan fingerprint density at radius 2 is 2.05 bits per heavy atom. The van der Waals surface area contributed by atoms with E-state index in [0.717, 1.165) is 35.0 Å². The number of likely N-dealkylation sites (N-methyl/N-ethyl adjacent to an activating group) is 2. The largest absolute Gasteiger partial charge is 0.349 e. The summed E-state index contributed by atoms with van der Waals surface area (Å²) in [6.45, 7) is 3.02. The number of aryl methyl sites for hydroxylation is 1. The molecular formula is C14H23N3OS. The molecular weight excluding hydrogens is 258 g/mol. The third kappa shape index (κ3) is 2.67. The number of nitrogens with zero attached hydrogens (tertiary/aromatic N) is 3. The SMILES string of the molecule is CCc1nc(N(C)CC2(N(C)C)CCC2)sc1C=O. The highest BCUT2D eigenvalue weighted by Crippen LogP contribution is 2.38. The molecule has 0 radical (unpaired) electrons. The first-order valence-electron chi connectivity index (χ1n) is 6.86. The van der Waals surface area contributed by atoms with E-state index < -0.39 is 0 Å². The van der Waals surface area contributed by atoms with Crippen molar-refractivity contribution in [1.29, 1.82) is 0 Å². The molecule has 0 bridgehead atoms. The van der Waals surface area contributed by atoms with Crippen molar-refractivity contribution in [1.82, 2.24) is 9.88 Å². The number of carbonyl (C=O) groups excluding carboxylic acids is 1. The maximum absolute atomic E-state index is 11.0. The quantitative estimate of drug-likeness (QED) is 0.750. The second kappa shape index (κ2) is 5.59. The molecule has 0 atom stereocenters. The Bertz CT molecular complexity index is 452. The van der Waals surface area contributed by atoms with Crippen LogP contribution in [0.4, 0.5) is 5.13 Å². The maximum Gasteiger partial charge on any atom is 0.186 e. The fourth-order valence-electron chi connectivity index (χ4n) is 2.70. The lowest BCUT2D eigenvalue weighted by Crippen LogP contribution is -2.56. The highest BCUT2D eigenvalue weighted by atomic mass is 32.1. The van der Waals surface area contributed by atoms with Crippen molar-refractivity contribution >= 4 is 22.8 Å². The van der Waals surface area contributed by atoms with Gasteiger partial charge >= 0.3 is 0 Å². The summed E-state index contributed by atoms with van der Waals surface area (Å²) in [7, 11) is 6.39. The van der Waals surface area contributed by atoms with Gasteiger partial charge in [0.1, 0.15) is 0 Å². The summed E-state index contributed by atoms with van der Waals surface area (Å²) < 4.78 is 0. The average Bonchev–Trinajstić information content (AvgIpc) is 2.76. The summed E-state index contributed by atoms with van der Waals surface area (Å²) in [5.41, 5.74) is 1.21. The number of anilines is 1. The van der Waals surface area contributed by atoms with Gasteiger partial charge in [0.2, 0.25) is 0 Å². The van der Waals surface area contributed by atoms with Crippen LogP contribution in [0.15, 0.2) is 0 Å². The van der Waals surface area contributed by atoms with E-state index in [1.807, 2.05) is 6.92 Å². The molecule has 0 N–H and O–H groups in total. The minimum Gasteiger partial charge on any atom is -0.349 e. The van der Waals surface area contributed by atoms with Gasteiger partial charge in [0.05, 0.1) is 10.6 Å². The number of aldehydes is 1. The van der Waals surface area contributed by atoms with Gasteiger partial charge in [-0.15, -0.1) is 0 Å². The topological polar surface area (TPSA) is 36.4 Å². The van der Waals surface area contributed by atoms with Gasteiger partial charge in [-0.05, 0) is 39.8 Å². The molecule has 0 amide bonds. The molecule has 19 heavy (non-hydrogen) atoms.